The number of fused-ring (bicyclic) bond motifs is 1. The van der Waals surface area contributed by atoms with Crippen LogP contribution in [0.2, 0.25) is 0 Å². The second-order valence-electron chi connectivity index (χ2n) is 5.48. The van der Waals surface area contributed by atoms with E-state index in [1.807, 2.05) is 0 Å². The summed E-state index contributed by atoms with van der Waals surface area (Å²) in [5.74, 6) is -1.96. The summed E-state index contributed by atoms with van der Waals surface area (Å²) in [6.07, 6.45) is 3.27. The second-order valence-corrected chi connectivity index (χ2v) is 5.48. The largest absolute Gasteiger partial charge is 0.351 e. The van der Waals surface area contributed by atoms with Crippen molar-refractivity contribution in [2.75, 3.05) is 13.1 Å². The number of piperidine rings is 1. The SMILES string of the molecule is O=C(NCC12CCCNC1C2)c1ccc(F)cc1F. The van der Waals surface area contributed by atoms with Gasteiger partial charge in [0.15, 0.2) is 0 Å². The maximum Gasteiger partial charge on any atom is 0.254 e. The fraction of sp³-hybridized carbons (Fsp3) is 0.500. The Morgan fingerprint density at radius 1 is 1.47 bits per heavy atom. The lowest BCUT2D eigenvalue weighted by molar-refractivity contribution is 0.0937. The quantitative estimate of drug-likeness (QED) is 0.876. The normalized spacial score (nSPS) is 28.6. The zero-order valence-electron chi connectivity index (χ0n) is 10.5. The van der Waals surface area contributed by atoms with Gasteiger partial charge >= 0.3 is 0 Å². The smallest absolute Gasteiger partial charge is 0.254 e. The van der Waals surface area contributed by atoms with Crippen molar-refractivity contribution in [3.63, 3.8) is 0 Å². The fourth-order valence-corrected chi connectivity index (χ4v) is 2.94. The molecular weight excluding hydrogens is 250 g/mol. The van der Waals surface area contributed by atoms with Crippen LogP contribution in [0.4, 0.5) is 8.78 Å². The lowest BCUT2D eigenvalue weighted by Gasteiger charge is -2.23. The van der Waals surface area contributed by atoms with E-state index in [4.69, 9.17) is 0 Å². The Morgan fingerprint density at radius 3 is 3.05 bits per heavy atom. The highest BCUT2D eigenvalue weighted by atomic mass is 19.1. The highest BCUT2D eigenvalue weighted by molar-refractivity contribution is 5.94. The van der Waals surface area contributed by atoms with E-state index in [0.717, 1.165) is 37.9 Å². The summed E-state index contributed by atoms with van der Waals surface area (Å²) in [5.41, 5.74) is 0.0588. The Balaban J connectivity index is 1.62. The molecule has 1 amide bonds. The monoisotopic (exact) mass is 266 g/mol. The highest BCUT2D eigenvalue weighted by Gasteiger charge is 2.54. The Kier molecular flexibility index (Phi) is 3.01. The van der Waals surface area contributed by atoms with E-state index in [0.29, 0.717) is 12.6 Å². The summed E-state index contributed by atoms with van der Waals surface area (Å²) in [6, 6.07) is 3.49. The first-order chi connectivity index (χ1) is 9.11. The Bertz CT molecular complexity index is 520. The first kappa shape index (κ1) is 12.5. The van der Waals surface area contributed by atoms with Gasteiger partial charge in [-0.15, -0.1) is 0 Å². The molecule has 3 nitrogen and oxygen atoms in total. The van der Waals surface area contributed by atoms with Crippen molar-refractivity contribution in [3.05, 3.63) is 35.4 Å². The molecule has 1 saturated carbocycles. The van der Waals surface area contributed by atoms with E-state index in [-0.39, 0.29) is 11.0 Å². The molecule has 3 rings (SSSR count). The van der Waals surface area contributed by atoms with Gasteiger partial charge in [-0.05, 0) is 37.9 Å². The van der Waals surface area contributed by atoms with Crippen molar-refractivity contribution in [2.45, 2.75) is 25.3 Å². The van der Waals surface area contributed by atoms with Crippen LogP contribution in [0.25, 0.3) is 0 Å². The molecule has 1 aliphatic carbocycles. The van der Waals surface area contributed by atoms with E-state index < -0.39 is 17.5 Å². The summed E-state index contributed by atoms with van der Waals surface area (Å²) in [4.78, 5) is 11.9. The molecular formula is C14H16F2N2O. The van der Waals surface area contributed by atoms with E-state index in [1.165, 1.54) is 6.07 Å². The van der Waals surface area contributed by atoms with Crippen molar-refractivity contribution in [1.29, 1.82) is 0 Å². The van der Waals surface area contributed by atoms with Crippen molar-refractivity contribution >= 4 is 5.91 Å². The molecule has 0 bridgehead atoms. The Labute approximate surface area is 110 Å². The molecule has 0 aromatic heterocycles. The van der Waals surface area contributed by atoms with Gasteiger partial charge in [0.05, 0.1) is 5.56 Å². The number of amides is 1. The molecule has 1 aromatic carbocycles. The number of nitrogens with one attached hydrogen (secondary N) is 2. The fourth-order valence-electron chi connectivity index (χ4n) is 2.94. The average molecular weight is 266 g/mol. The minimum absolute atomic E-state index is 0.0984. The van der Waals surface area contributed by atoms with Gasteiger partial charge in [0.2, 0.25) is 0 Å². The van der Waals surface area contributed by atoms with Gasteiger partial charge in [-0.3, -0.25) is 4.79 Å². The van der Waals surface area contributed by atoms with Gasteiger partial charge in [0.1, 0.15) is 11.6 Å². The number of carbonyl (C=O) groups is 1. The minimum Gasteiger partial charge on any atom is -0.351 e. The van der Waals surface area contributed by atoms with E-state index in [9.17, 15) is 13.6 Å². The number of halogens is 2. The summed E-state index contributed by atoms with van der Waals surface area (Å²) in [7, 11) is 0. The molecule has 1 heterocycles. The third-order valence-corrected chi connectivity index (χ3v) is 4.21. The van der Waals surface area contributed by atoms with Crippen LogP contribution in [0, 0.1) is 17.0 Å². The molecule has 0 spiro atoms. The van der Waals surface area contributed by atoms with Crippen LogP contribution in [0.3, 0.4) is 0 Å². The van der Waals surface area contributed by atoms with Gasteiger partial charge in [-0.25, -0.2) is 8.78 Å². The van der Waals surface area contributed by atoms with Gasteiger partial charge < -0.3 is 10.6 Å². The topological polar surface area (TPSA) is 41.1 Å². The molecule has 0 radical (unpaired) electrons. The first-order valence-corrected chi connectivity index (χ1v) is 6.57. The van der Waals surface area contributed by atoms with E-state index in [2.05, 4.69) is 10.6 Å². The maximum atomic E-state index is 13.5. The summed E-state index contributed by atoms with van der Waals surface area (Å²) in [5, 5.41) is 6.17. The number of benzene rings is 1. The van der Waals surface area contributed by atoms with Gasteiger partial charge in [0, 0.05) is 24.1 Å². The Hall–Kier alpha value is -1.49. The number of rotatable bonds is 3. The van der Waals surface area contributed by atoms with Crippen molar-refractivity contribution in [1.82, 2.24) is 10.6 Å². The molecule has 2 unspecified atom stereocenters. The van der Waals surface area contributed by atoms with Gasteiger partial charge in [-0.2, -0.15) is 0 Å². The number of hydrogen-bond acceptors (Lipinski definition) is 2. The Morgan fingerprint density at radius 2 is 2.32 bits per heavy atom. The maximum absolute atomic E-state index is 13.5. The molecule has 2 aliphatic rings. The molecule has 1 aromatic rings. The standard InChI is InChI=1S/C14H16F2N2O/c15-9-2-3-10(11(16)6-9)13(19)18-8-14-4-1-5-17-12(14)7-14/h2-3,6,12,17H,1,4-5,7-8H2,(H,18,19). The molecule has 5 heteroatoms. The number of hydrogen-bond donors (Lipinski definition) is 2. The molecule has 1 saturated heterocycles. The zero-order valence-corrected chi connectivity index (χ0v) is 10.5. The van der Waals surface area contributed by atoms with Crippen LogP contribution < -0.4 is 10.6 Å². The van der Waals surface area contributed by atoms with Crippen molar-refractivity contribution < 1.29 is 13.6 Å². The second kappa shape index (κ2) is 4.56. The third-order valence-electron chi connectivity index (χ3n) is 4.21. The molecule has 2 N–H and O–H groups in total. The molecule has 2 fully saturated rings. The summed E-state index contributed by atoms with van der Waals surface area (Å²) < 4.78 is 26.2. The third kappa shape index (κ3) is 2.34. The van der Waals surface area contributed by atoms with Gasteiger partial charge in [-0.1, -0.05) is 0 Å². The highest BCUT2D eigenvalue weighted by Crippen LogP contribution is 2.51. The lowest BCUT2D eigenvalue weighted by Crippen LogP contribution is -2.38. The van der Waals surface area contributed by atoms with Crippen LogP contribution in [-0.2, 0) is 0 Å². The molecule has 19 heavy (non-hydrogen) atoms. The van der Waals surface area contributed by atoms with Gasteiger partial charge in [0.25, 0.3) is 5.91 Å². The van der Waals surface area contributed by atoms with Crippen LogP contribution in [0.1, 0.15) is 29.6 Å². The minimum atomic E-state index is -0.816. The van der Waals surface area contributed by atoms with Crippen molar-refractivity contribution in [2.24, 2.45) is 5.41 Å². The van der Waals surface area contributed by atoms with E-state index in [1.54, 1.807) is 0 Å². The predicted octanol–water partition coefficient (Wildman–Crippen LogP) is 1.84. The van der Waals surface area contributed by atoms with Crippen LogP contribution in [-0.4, -0.2) is 25.0 Å². The first-order valence-electron chi connectivity index (χ1n) is 6.57. The van der Waals surface area contributed by atoms with Crippen LogP contribution >= 0.6 is 0 Å². The molecule has 1 aliphatic heterocycles. The average Bonchev–Trinajstić information content (AvgIpc) is 3.11. The molecule has 2 atom stereocenters. The molecule has 102 valence electrons. The summed E-state index contributed by atoms with van der Waals surface area (Å²) in [6.45, 7) is 1.59. The van der Waals surface area contributed by atoms with Crippen LogP contribution in [0.5, 0.6) is 0 Å². The van der Waals surface area contributed by atoms with Crippen molar-refractivity contribution in [3.8, 4) is 0 Å². The van der Waals surface area contributed by atoms with E-state index >= 15 is 0 Å². The predicted molar refractivity (Wildman–Crippen MR) is 66.8 cm³/mol. The number of carbonyl (C=O) groups excluding carboxylic acids is 1. The zero-order chi connectivity index (χ0) is 13.5. The van der Waals surface area contributed by atoms with Crippen LogP contribution in [0.15, 0.2) is 18.2 Å². The summed E-state index contributed by atoms with van der Waals surface area (Å²) >= 11 is 0. The lowest BCUT2D eigenvalue weighted by atomic mass is 9.96.